The first-order chi connectivity index (χ1) is 9.95. The average Bonchev–Trinajstić information content (AvgIpc) is 2.47. The van der Waals surface area contributed by atoms with Crippen LogP contribution < -0.4 is 9.62 Å². The lowest BCUT2D eigenvalue weighted by molar-refractivity contribution is -0.121. The molecular weight excluding hydrogens is 288 g/mol. The minimum atomic E-state index is -3.48. The smallest absolute Gasteiger partial charge is 0.242 e. The Labute approximate surface area is 126 Å². The molecule has 1 aliphatic heterocycles. The standard InChI is InChI=1S/C15H22N2O3S/c1-3-16-21(19,20)15-7-5-4-6-14(15)17-10-8-13(9-11-17)12(2)18/h4-7,13,16H,3,8-11H2,1-2H3. The predicted molar refractivity (Wildman–Crippen MR) is 82.9 cm³/mol. The lowest BCUT2D eigenvalue weighted by Crippen LogP contribution is -2.37. The number of para-hydroxylation sites is 1. The summed E-state index contributed by atoms with van der Waals surface area (Å²) in [5.74, 6) is 0.335. The van der Waals surface area contributed by atoms with Crippen LogP contribution in [0.2, 0.25) is 0 Å². The van der Waals surface area contributed by atoms with Crippen molar-refractivity contribution in [3.05, 3.63) is 24.3 Å². The van der Waals surface area contributed by atoms with E-state index in [-0.39, 0.29) is 11.7 Å². The zero-order chi connectivity index (χ0) is 15.5. The topological polar surface area (TPSA) is 66.5 Å². The Morgan fingerprint density at radius 3 is 2.48 bits per heavy atom. The molecule has 0 saturated carbocycles. The van der Waals surface area contributed by atoms with E-state index in [0.29, 0.717) is 24.5 Å². The number of carbonyl (C=O) groups excluding carboxylic acids is 1. The van der Waals surface area contributed by atoms with Crippen molar-refractivity contribution in [1.82, 2.24) is 4.72 Å². The quantitative estimate of drug-likeness (QED) is 0.900. The number of nitrogens with one attached hydrogen (secondary N) is 1. The number of rotatable bonds is 5. The number of hydrogen-bond donors (Lipinski definition) is 1. The zero-order valence-corrected chi connectivity index (χ0v) is 13.3. The Bertz CT molecular complexity index is 605. The van der Waals surface area contributed by atoms with Gasteiger partial charge in [0.15, 0.2) is 0 Å². The first-order valence-electron chi connectivity index (χ1n) is 7.29. The van der Waals surface area contributed by atoms with E-state index in [0.717, 1.165) is 18.5 Å². The zero-order valence-electron chi connectivity index (χ0n) is 12.5. The molecule has 1 aliphatic rings. The van der Waals surface area contributed by atoms with Gasteiger partial charge >= 0.3 is 0 Å². The molecule has 2 rings (SSSR count). The van der Waals surface area contributed by atoms with E-state index in [1.807, 2.05) is 12.1 Å². The summed E-state index contributed by atoms with van der Waals surface area (Å²) < 4.78 is 27.1. The minimum Gasteiger partial charge on any atom is -0.370 e. The third kappa shape index (κ3) is 3.63. The summed E-state index contributed by atoms with van der Waals surface area (Å²) in [6.07, 6.45) is 1.57. The lowest BCUT2D eigenvalue weighted by Gasteiger charge is -2.33. The summed E-state index contributed by atoms with van der Waals surface area (Å²) in [5.41, 5.74) is 0.723. The van der Waals surface area contributed by atoms with Gasteiger partial charge in [-0.05, 0) is 31.9 Å². The van der Waals surface area contributed by atoms with Crippen molar-refractivity contribution in [2.24, 2.45) is 5.92 Å². The van der Waals surface area contributed by atoms with E-state index >= 15 is 0 Å². The molecule has 1 N–H and O–H groups in total. The van der Waals surface area contributed by atoms with Crippen LogP contribution in [0.1, 0.15) is 26.7 Å². The van der Waals surface area contributed by atoms with Gasteiger partial charge in [0.25, 0.3) is 0 Å². The summed E-state index contributed by atoms with van der Waals surface area (Å²) in [4.78, 5) is 13.8. The maximum Gasteiger partial charge on any atom is 0.242 e. The Morgan fingerprint density at radius 2 is 1.90 bits per heavy atom. The van der Waals surface area contributed by atoms with Crippen LogP contribution in [0.3, 0.4) is 0 Å². The average molecular weight is 310 g/mol. The molecule has 0 aromatic heterocycles. The molecule has 116 valence electrons. The summed E-state index contributed by atoms with van der Waals surface area (Å²) in [7, 11) is -3.48. The maximum absolute atomic E-state index is 12.3. The van der Waals surface area contributed by atoms with Crippen molar-refractivity contribution >= 4 is 21.5 Å². The van der Waals surface area contributed by atoms with Crippen LogP contribution >= 0.6 is 0 Å². The van der Waals surface area contributed by atoms with Crippen LogP contribution in [0.25, 0.3) is 0 Å². The van der Waals surface area contributed by atoms with Gasteiger partial charge in [0.1, 0.15) is 10.7 Å². The third-order valence-electron chi connectivity index (χ3n) is 3.90. The highest BCUT2D eigenvalue weighted by Gasteiger charge is 2.26. The molecule has 1 fully saturated rings. The van der Waals surface area contributed by atoms with Crippen LogP contribution in [0.15, 0.2) is 29.2 Å². The second-order valence-corrected chi connectivity index (χ2v) is 7.08. The molecule has 21 heavy (non-hydrogen) atoms. The lowest BCUT2D eigenvalue weighted by atomic mass is 9.93. The van der Waals surface area contributed by atoms with Gasteiger partial charge in [0.2, 0.25) is 10.0 Å². The molecule has 1 aromatic carbocycles. The fourth-order valence-corrected chi connectivity index (χ4v) is 4.01. The van der Waals surface area contributed by atoms with E-state index in [1.165, 1.54) is 0 Å². The largest absolute Gasteiger partial charge is 0.370 e. The number of carbonyl (C=O) groups is 1. The number of piperidine rings is 1. The second-order valence-electron chi connectivity index (χ2n) is 5.34. The van der Waals surface area contributed by atoms with Crippen molar-refractivity contribution in [2.45, 2.75) is 31.6 Å². The van der Waals surface area contributed by atoms with Gasteiger partial charge in [-0.15, -0.1) is 0 Å². The number of sulfonamides is 1. The van der Waals surface area contributed by atoms with Crippen LogP contribution in [-0.4, -0.2) is 33.8 Å². The van der Waals surface area contributed by atoms with Crippen LogP contribution in [-0.2, 0) is 14.8 Å². The van der Waals surface area contributed by atoms with E-state index in [2.05, 4.69) is 9.62 Å². The van der Waals surface area contributed by atoms with E-state index in [9.17, 15) is 13.2 Å². The number of hydrogen-bond acceptors (Lipinski definition) is 4. The Kier molecular flexibility index (Phi) is 5.00. The van der Waals surface area contributed by atoms with E-state index < -0.39 is 10.0 Å². The van der Waals surface area contributed by atoms with Gasteiger partial charge in [-0.2, -0.15) is 0 Å². The molecule has 0 bridgehead atoms. The third-order valence-corrected chi connectivity index (χ3v) is 5.49. The Hall–Kier alpha value is -1.40. The highest BCUT2D eigenvalue weighted by Crippen LogP contribution is 2.29. The molecule has 0 unspecified atom stereocenters. The molecular formula is C15H22N2O3S. The van der Waals surface area contributed by atoms with Gasteiger partial charge in [-0.3, -0.25) is 4.79 Å². The van der Waals surface area contributed by atoms with Crippen molar-refractivity contribution in [1.29, 1.82) is 0 Å². The molecule has 0 amide bonds. The summed E-state index contributed by atoms with van der Waals surface area (Å²) in [5, 5.41) is 0. The minimum absolute atomic E-state index is 0.110. The molecule has 0 spiro atoms. The maximum atomic E-state index is 12.3. The SMILES string of the molecule is CCNS(=O)(=O)c1ccccc1N1CCC(C(C)=O)CC1. The monoisotopic (exact) mass is 310 g/mol. The number of nitrogens with zero attached hydrogens (tertiary/aromatic N) is 1. The van der Waals surface area contributed by atoms with Crippen molar-refractivity contribution in [3.8, 4) is 0 Å². The van der Waals surface area contributed by atoms with Gasteiger partial charge in [-0.25, -0.2) is 13.1 Å². The molecule has 0 aliphatic carbocycles. The van der Waals surface area contributed by atoms with Crippen molar-refractivity contribution < 1.29 is 13.2 Å². The van der Waals surface area contributed by atoms with Gasteiger partial charge in [0.05, 0.1) is 5.69 Å². The highest BCUT2D eigenvalue weighted by molar-refractivity contribution is 7.89. The Morgan fingerprint density at radius 1 is 1.29 bits per heavy atom. The summed E-state index contributed by atoms with van der Waals surface area (Å²) >= 11 is 0. The normalized spacial score (nSPS) is 17.0. The molecule has 0 atom stereocenters. The van der Waals surface area contributed by atoms with E-state index in [4.69, 9.17) is 0 Å². The fourth-order valence-electron chi connectivity index (χ4n) is 2.74. The van der Waals surface area contributed by atoms with Gasteiger partial charge < -0.3 is 4.90 Å². The summed E-state index contributed by atoms with van der Waals surface area (Å²) in [6.45, 7) is 5.18. The van der Waals surface area contributed by atoms with E-state index in [1.54, 1.807) is 26.0 Å². The fraction of sp³-hybridized carbons (Fsp3) is 0.533. The first kappa shape index (κ1) is 16.0. The summed E-state index contributed by atoms with van der Waals surface area (Å²) in [6, 6.07) is 7.04. The van der Waals surface area contributed by atoms with Crippen molar-refractivity contribution in [2.75, 3.05) is 24.5 Å². The number of Topliss-reactive ketones (excluding diaryl/α,β-unsaturated/α-hetero) is 1. The van der Waals surface area contributed by atoms with Crippen LogP contribution in [0.4, 0.5) is 5.69 Å². The van der Waals surface area contributed by atoms with Gasteiger partial charge in [-0.1, -0.05) is 19.1 Å². The molecule has 0 radical (unpaired) electrons. The molecule has 1 aromatic rings. The molecule has 5 nitrogen and oxygen atoms in total. The Balaban J connectivity index is 2.24. The molecule has 1 heterocycles. The second kappa shape index (κ2) is 6.58. The van der Waals surface area contributed by atoms with Crippen LogP contribution in [0, 0.1) is 5.92 Å². The number of anilines is 1. The molecule has 6 heteroatoms. The van der Waals surface area contributed by atoms with Crippen molar-refractivity contribution in [3.63, 3.8) is 0 Å². The first-order valence-corrected chi connectivity index (χ1v) is 8.78. The highest BCUT2D eigenvalue weighted by atomic mass is 32.2. The predicted octanol–water partition coefficient (Wildman–Crippen LogP) is 1.79. The molecule has 1 saturated heterocycles. The number of ketones is 1. The number of benzene rings is 1. The van der Waals surface area contributed by atoms with Gasteiger partial charge in [0, 0.05) is 25.6 Å². The van der Waals surface area contributed by atoms with Crippen LogP contribution in [0.5, 0.6) is 0 Å².